The van der Waals surface area contributed by atoms with Crippen LogP contribution in [-0.2, 0) is 14.3 Å². The molecule has 0 heterocycles. The first kappa shape index (κ1) is 16.5. The minimum absolute atomic E-state index is 0.397. The maximum Gasteiger partial charge on any atom is 0.330 e. The van der Waals surface area contributed by atoms with Crippen LogP contribution in [0, 0.1) is 0 Å². The molecule has 20 heavy (non-hydrogen) atoms. The van der Waals surface area contributed by atoms with Crippen molar-refractivity contribution in [3.63, 3.8) is 0 Å². The Bertz CT molecular complexity index is 511. The number of carbonyl (C=O) groups excluding carboxylic acids is 2. The molecular weight excluding hydrogens is 305 g/mol. The van der Waals surface area contributed by atoms with E-state index in [9.17, 15) is 9.59 Å². The topological polar surface area (TPSA) is 75.6 Å². The molecule has 0 unspecified atom stereocenters. The smallest absolute Gasteiger partial charge is 0.330 e. The van der Waals surface area contributed by atoms with Crippen LogP contribution in [0.25, 0.3) is 6.08 Å². The van der Waals surface area contributed by atoms with Crippen molar-refractivity contribution in [3.8, 4) is 0 Å². The van der Waals surface area contributed by atoms with Gasteiger partial charge in [-0.05, 0) is 18.2 Å². The van der Waals surface area contributed by atoms with E-state index in [-0.39, 0.29) is 0 Å². The first-order valence-electron chi connectivity index (χ1n) is 5.61. The number of aliphatic hydroxyl groups is 1. The van der Waals surface area contributed by atoms with Crippen LogP contribution in [0.5, 0.6) is 0 Å². The van der Waals surface area contributed by atoms with Crippen LogP contribution < -0.4 is 5.32 Å². The monoisotopic (exact) mass is 317 g/mol. The van der Waals surface area contributed by atoms with Gasteiger partial charge in [0.05, 0.1) is 13.7 Å². The molecule has 0 aliphatic carbocycles. The lowest BCUT2D eigenvalue weighted by molar-refractivity contribution is -0.145. The minimum atomic E-state index is -1.11. The van der Waals surface area contributed by atoms with Crippen molar-refractivity contribution in [1.82, 2.24) is 5.32 Å². The number of hydrogen-bond donors (Lipinski definition) is 2. The molecule has 0 spiro atoms. The van der Waals surface area contributed by atoms with E-state index in [1.165, 1.54) is 12.2 Å². The predicted octanol–water partition coefficient (Wildman–Crippen LogP) is 1.66. The maximum atomic E-state index is 11.6. The summed E-state index contributed by atoms with van der Waals surface area (Å²) < 4.78 is 4.43. The summed E-state index contributed by atoms with van der Waals surface area (Å²) in [5, 5.41) is 12.1. The Morgan fingerprint density at radius 3 is 2.50 bits per heavy atom. The summed E-state index contributed by atoms with van der Waals surface area (Å²) in [6.07, 6.45) is 2.59. The average molecular weight is 318 g/mol. The number of benzene rings is 1. The number of amides is 1. The fraction of sp³-hybridized carbons (Fsp3) is 0.231. The van der Waals surface area contributed by atoms with E-state index in [0.29, 0.717) is 15.6 Å². The van der Waals surface area contributed by atoms with E-state index in [4.69, 9.17) is 28.3 Å². The second-order valence-electron chi connectivity index (χ2n) is 3.74. The first-order valence-corrected chi connectivity index (χ1v) is 6.36. The summed E-state index contributed by atoms with van der Waals surface area (Å²) in [4.78, 5) is 22.8. The lowest BCUT2D eigenvalue weighted by atomic mass is 10.2. The summed E-state index contributed by atoms with van der Waals surface area (Å²) in [7, 11) is 1.16. The fourth-order valence-electron chi connectivity index (χ4n) is 1.37. The van der Waals surface area contributed by atoms with E-state index in [1.807, 2.05) is 0 Å². The van der Waals surface area contributed by atoms with Gasteiger partial charge in [-0.1, -0.05) is 29.3 Å². The molecule has 0 aromatic heterocycles. The Morgan fingerprint density at radius 2 is 2.00 bits per heavy atom. The van der Waals surface area contributed by atoms with Gasteiger partial charge in [0.15, 0.2) is 6.04 Å². The minimum Gasteiger partial charge on any atom is -0.467 e. The zero-order valence-corrected chi connectivity index (χ0v) is 12.1. The van der Waals surface area contributed by atoms with Gasteiger partial charge in [0.2, 0.25) is 5.91 Å². The molecule has 2 N–H and O–H groups in total. The quantitative estimate of drug-likeness (QED) is 0.639. The zero-order chi connectivity index (χ0) is 15.1. The van der Waals surface area contributed by atoms with Crippen LogP contribution >= 0.6 is 23.2 Å². The second-order valence-corrected chi connectivity index (χ2v) is 4.55. The number of rotatable bonds is 5. The summed E-state index contributed by atoms with van der Waals surface area (Å²) >= 11 is 11.9. The first-order chi connectivity index (χ1) is 9.49. The Morgan fingerprint density at radius 1 is 1.40 bits per heavy atom. The summed E-state index contributed by atoms with van der Waals surface area (Å²) in [6.45, 7) is -0.556. The number of carbonyl (C=O) groups is 2. The lowest BCUT2D eigenvalue weighted by Gasteiger charge is -2.12. The van der Waals surface area contributed by atoms with E-state index in [0.717, 1.165) is 7.11 Å². The molecule has 1 rings (SSSR count). The van der Waals surface area contributed by atoms with E-state index in [1.54, 1.807) is 18.2 Å². The van der Waals surface area contributed by atoms with Gasteiger partial charge < -0.3 is 15.2 Å². The number of ether oxygens (including phenoxy) is 1. The standard InChI is InChI=1S/C13H13Cl2NO4/c1-20-13(19)11(7-17)16-12(18)6-5-8-9(14)3-2-4-10(8)15/h2-6,11,17H,7H2,1H3,(H,16,18)/b6-5+/t11-/m1/s1. The molecule has 0 bridgehead atoms. The van der Waals surface area contributed by atoms with E-state index in [2.05, 4.69) is 10.1 Å². The predicted molar refractivity (Wildman–Crippen MR) is 76.5 cm³/mol. The third-order valence-electron chi connectivity index (χ3n) is 2.39. The second kappa shape index (κ2) is 7.89. The number of halogens is 2. The van der Waals surface area contributed by atoms with Crippen LogP contribution in [0.3, 0.4) is 0 Å². The molecule has 7 heteroatoms. The molecule has 0 aliphatic heterocycles. The van der Waals surface area contributed by atoms with Gasteiger partial charge in [-0.25, -0.2) is 4.79 Å². The third kappa shape index (κ3) is 4.52. The van der Waals surface area contributed by atoms with Crippen LogP contribution in [0.15, 0.2) is 24.3 Å². The van der Waals surface area contributed by atoms with Crippen molar-refractivity contribution in [2.24, 2.45) is 0 Å². The molecule has 0 fully saturated rings. The zero-order valence-electron chi connectivity index (χ0n) is 10.6. The van der Waals surface area contributed by atoms with Crippen molar-refractivity contribution in [1.29, 1.82) is 0 Å². The number of methoxy groups -OCH3 is 1. The molecule has 1 atom stereocenters. The molecule has 1 aromatic carbocycles. The molecule has 0 aliphatic rings. The van der Waals surface area contributed by atoms with Crippen LogP contribution in [0.2, 0.25) is 10.0 Å². The van der Waals surface area contributed by atoms with Crippen LogP contribution in [-0.4, -0.2) is 36.7 Å². The number of nitrogens with one attached hydrogen (secondary N) is 1. The SMILES string of the molecule is COC(=O)[C@@H](CO)NC(=O)/C=C/c1c(Cl)cccc1Cl. The highest BCUT2D eigenvalue weighted by molar-refractivity contribution is 6.37. The average Bonchev–Trinajstić information content (AvgIpc) is 2.43. The van der Waals surface area contributed by atoms with E-state index < -0.39 is 24.5 Å². The highest BCUT2D eigenvalue weighted by Crippen LogP contribution is 2.25. The van der Waals surface area contributed by atoms with Crippen molar-refractivity contribution < 1.29 is 19.4 Å². The van der Waals surface area contributed by atoms with Gasteiger partial charge in [-0.15, -0.1) is 0 Å². The maximum absolute atomic E-state index is 11.6. The van der Waals surface area contributed by atoms with Gasteiger partial charge in [0.1, 0.15) is 0 Å². The number of esters is 1. The van der Waals surface area contributed by atoms with Crippen molar-refractivity contribution in [2.75, 3.05) is 13.7 Å². The van der Waals surface area contributed by atoms with Gasteiger partial charge in [-0.3, -0.25) is 4.79 Å². The number of hydrogen-bond acceptors (Lipinski definition) is 4. The van der Waals surface area contributed by atoms with Gasteiger partial charge in [0.25, 0.3) is 0 Å². The normalized spacial score (nSPS) is 12.2. The summed E-state index contributed by atoms with van der Waals surface area (Å²) in [5.41, 5.74) is 0.490. The highest BCUT2D eigenvalue weighted by Gasteiger charge is 2.19. The molecule has 0 radical (unpaired) electrons. The van der Waals surface area contributed by atoms with Crippen LogP contribution in [0.4, 0.5) is 0 Å². The van der Waals surface area contributed by atoms with Crippen molar-refractivity contribution in [3.05, 3.63) is 39.9 Å². The highest BCUT2D eigenvalue weighted by atomic mass is 35.5. The Balaban J connectivity index is 2.75. The molecule has 0 saturated carbocycles. The molecular formula is C13H13Cl2NO4. The van der Waals surface area contributed by atoms with E-state index >= 15 is 0 Å². The molecule has 108 valence electrons. The third-order valence-corrected chi connectivity index (χ3v) is 3.05. The molecule has 5 nitrogen and oxygen atoms in total. The molecule has 1 aromatic rings. The van der Waals surface area contributed by atoms with Crippen molar-refractivity contribution >= 4 is 41.2 Å². The molecule has 0 saturated heterocycles. The Kier molecular flexibility index (Phi) is 6.51. The van der Waals surface area contributed by atoms with Gasteiger partial charge in [0, 0.05) is 21.7 Å². The molecule has 1 amide bonds. The Labute approximate surface area is 126 Å². The van der Waals surface area contributed by atoms with Crippen molar-refractivity contribution in [2.45, 2.75) is 6.04 Å². The fourth-order valence-corrected chi connectivity index (χ4v) is 1.89. The largest absolute Gasteiger partial charge is 0.467 e. The summed E-state index contributed by atoms with van der Waals surface area (Å²) in [6, 6.07) is 3.84. The number of aliphatic hydroxyl groups excluding tert-OH is 1. The van der Waals surface area contributed by atoms with Gasteiger partial charge in [-0.2, -0.15) is 0 Å². The Hall–Kier alpha value is -1.56. The van der Waals surface area contributed by atoms with Crippen LogP contribution in [0.1, 0.15) is 5.56 Å². The lowest BCUT2D eigenvalue weighted by Crippen LogP contribution is -2.43. The summed E-state index contributed by atoms with van der Waals surface area (Å²) in [5.74, 6) is -1.31. The van der Waals surface area contributed by atoms with Gasteiger partial charge >= 0.3 is 5.97 Å².